The topological polar surface area (TPSA) is 91.9 Å². The normalized spacial score (nSPS) is 14.4. The zero-order chi connectivity index (χ0) is 28.9. The zero-order valence-corrected chi connectivity index (χ0v) is 23.9. The average Bonchev–Trinajstić information content (AvgIpc) is 2.92. The van der Waals surface area contributed by atoms with Crippen molar-refractivity contribution in [3.63, 3.8) is 0 Å². The summed E-state index contributed by atoms with van der Waals surface area (Å²) in [7, 11) is 0. The lowest BCUT2D eigenvalue weighted by Crippen LogP contribution is -2.28. The Bertz CT molecular complexity index is 836. The van der Waals surface area contributed by atoms with E-state index in [1.807, 2.05) is 41.5 Å². The number of benzene rings is 1. The molecule has 0 saturated carbocycles. The number of carbonyl (C=O) groups excluding carboxylic acids is 1. The lowest BCUT2D eigenvalue weighted by molar-refractivity contribution is -0.137. The summed E-state index contributed by atoms with van der Waals surface area (Å²) in [6, 6.07) is 3.64. The summed E-state index contributed by atoms with van der Waals surface area (Å²) in [4.78, 5) is 18.4. The van der Waals surface area contributed by atoms with Crippen molar-refractivity contribution in [2.75, 3.05) is 24.8 Å². The number of amidine groups is 1. The van der Waals surface area contributed by atoms with Gasteiger partial charge in [0.2, 0.25) is 0 Å². The third-order valence-electron chi connectivity index (χ3n) is 5.10. The summed E-state index contributed by atoms with van der Waals surface area (Å²) in [5.41, 5.74) is 6.88. The number of halogens is 4. The molecule has 0 amide bonds. The Labute approximate surface area is 226 Å². The Balaban J connectivity index is 0. The predicted molar refractivity (Wildman–Crippen MR) is 152 cm³/mol. The monoisotopic (exact) mass is 547 g/mol. The summed E-state index contributed by atoms with van der Waals surface area (Å²) in [5, 5.41) is 6.23. The van der Waals surface area contributed by atoms with Gasteiger partial charge < -0.3 is 21.2 Å². The molecule has 0 spiro atoms. The van der Waals surface area contributed by atoms with E-state index < -0.39 is 11.7 Å². The first-order chi connectivity index (χ1) is 17.7. The second-order valence-corrected chi connectivity index (χ2v) is 7.72. The van der Waals surface area contributed by atoms with Gasteiger partial charge in [-0.3, -0.25) is 4.99 Å². The van der Waals surface area contributed by atoms with E-state index in [4.69, 9.17) is 17.3 Å². The van der Waals surface area contributed by atoms with Crippen molar-refractivity contribution in [3.8, 4) is 0 Å². The van der Waals surface area contributed by atoms with Gasteiger partial charge in [-0.05, 0) is 69.3 Å². The molecule has 1 aromatic rings. The van der Waals surface area contributed by atoms with E-state index in [0.29, 0.717) is 30.2 Å². The molecule has 4 N–H and O–H groups in total. The van der Waals surface area contributed by atoms with E-state index in [-0.39, 0.29) is 18.2 Å². The van der Waals surface area contributed by atoms with Gasteiger partial charge in [0.05, 0.1) is 18.1 Å². The van der Waals surface area contributed by atoms with Gasteiger partial charge in [-0.25, -0.2) is 4.99 Å². The standard InChI is InChI=1S/C17H22ClF3N4.C6H11NO.2C2H6/c1-4-14(15(5-2)25-10-18)16(23-3)24-9-11-6-12(17(19,20)21)8-13(22)7-11;8-5-6-1-3-7-4-2-6;2*1-2/h6-8,25H,3-5,9-10,22H2,1-2H3;5-7H,1-4H2;2*1-2H3/b15-14-,24-16?;;;. The largest absolute Gasteiger partial charge is 0.416 e. The number of hydrogen-bond acceptors (Lipinski definition) is 5. The number of rotatable bonds is 8. The van der Waals surface area contributed by atoms with Crippen LogP contribution in [-0.2, 0) is 17.5 Å². The Hall–Kier alpha value is -2.39. The van der Waals surface area contributed by atoms with Gasteiger partial charge in [0.15, 0.2) is 5.84 Å². The molecule has 10 heteroatoms. The molecule has 212 valence electrons. The van der Waals surface area contributed by atoms with Gasteiger partial charge in [-0.1, -0.05) is 41.5 Å². The van der Waals surface area contributed by atoms with E-state index >= 15 is 0 Å². The number of nitrogens with one attached hydrogen (secondary N) is 2. The molecule has 0 bridgehead atoms. The fourth-order valence-corrected chi connectivity index (χ4v) is 3.55. The van der Waals surface area contributed by atoms with Crippen molar-refractivity contribution in [1.82, 2.24) is 10.6 Å². The lowest BCUT2D eigenvalue weighted by Gasteiger charge is -2.16. The van der Waals surface area contributed by atoms with Gasteiger partial charge in [-0.2, -0.15) is 13.2 Å². The minimum atomic E-state index is -4.46. The number of nitrogen functional groups attached to an aromatic ring is 1. The van der Waals surface area contributed by atoms with Gasteiger partial charge in [0.1, 0.15) is 6.29 Å². The van der Waals surface area contributed by atoms with Crippen molar-refractivity contribution < 1.29 is 18.0 Å². The van der Waals surface area contributed by atoms with Crippen LogP contribution in [-0.4, -0.2) is 37.9 Å². The van der Waals surface area contributed by atoms with Crippen LogP contribution in [0.2, 0.25) is 0 Å². The van der Waals surface area contributed by atoms with Crippen molar-refractivity contribution >= 4 is 36.1 Å². The molecule has 0 atom stereocenters. The minimum Gasteiger partial charge on any atom is -0.399 e. The Morgan fingerprint density at radius 1 is 1.16 bits per heavy atom. The molecule has 0 unspecified atom stereocenters. The minimum absolute atomic E-state index is 0.0177. The van der Waals surface area contributed by atoms with E-state index in [9.17, 15) is 18.0 Å². The predicted octanol–water partition coefficient (Wildman–Crippen LogP) is 6.98. The fourth-order valence-electron chi connectivity index (χ4n) is 3.39. The Morgan fingerprint density at radius 3 is 2.16 bits per heavy atom. The first kappa shape index (κ1) is 36.8. The summed E-state index contributed by atoms with van der Waals surface area (Å²) in [5.74, 6) is 0.726. The summed E-state index contributed by atoms with van der Waals surface area (Å²) in [6.45, 7) is 17.5. The van der Waals surface area contributed by atoms with Crippen LogP contribution in [0.1, 0.15) is 78.4 Å². The number of nitrogens with two attached hydrogens (primary N) is 1. The van der Waals surface area contributed by atoms with Gasteiger partial charge in [0.25, 0.3) is 0 Å². The number of piperidine rings is 1. The van der Waals surface area contributed by atoms with Gasteiger partial charge in [-0.15, -0.1) is 11.6 Å². The van der Waals surface area contributed by atoms with Crippen molar-refractivity contribution in [1.29, 1.82) is 0 Å². The second-order valence-electron chi connectivity index (χ2n) is 7.46. The van der Waals surface area contributed by atoms with Crippen LogP contribution in [0.3, 0.4) is 0 Å². The van der Waals surface area contributed by atoms with Crippen LogP contribution < -0.4 is 16.4 Å². The molecule has 1 aromatic carbocycles. The molecular weight excluding hydrogens is 503 g/mol. The average molecular weight is 548 g/mol. The quantitative estimate of drug-likeness (QED) is 0.0817. The molecule has 37 heavy (non-hydrogen) atoms. The van der Waals surface area contributed by atoms with Crippen molar-refractivity contribution in [2.45, 2.75) is 79.9 Å². The van der Waals surface area contributed by atoms with Crippen LogP contribution in [0, 0.1) is 5.92 Å². The maximum atomic E-state index is 12.9. The number of nitrogens with zero attached hydrogens (tertiary/aromatic N) is 2. The van der Waals surface area contributed by atoms with E-state index in [0.717, 1.165) is 55.6 Å². The van der Waals surface area contributed by atoms with Crippen molar-refractivity contribution in [3.05, 3.63) is 40.6 Å². The molecule has 2 rings (SSSR count). The summed E-state index contributed by atoms with van der Waals surface area (Å²) in [6.07, 6.45) is 0.00587. The van der Waals surface area contributed by atoms with Crippen LogP contribution in [0.5, 0.6) is 0 Å². The highest BCUT2D eigenvalue weighted by Gasteiger charge is 2.31. The van der Waals surface area contributed by atoms with Gasteiger partial charge in [0, 0.05) is 22.9 Å². The lowest BCUT2D eigenvalue weighted by atomic mass is 10.0. The van der Waals surface area contributed by atoms with Crippen LogP contribution in [0.4, 0.5) is 18.9 Å². The molecular formula is C27H45ClF3N5O. The van der Waals surface area contributed by atoms with Gasteiger partial charge >= 0.3 is 6.18 Å². The smallest absolute Gasteiger partial charge is 0.399 e. The number of aliphatic imine (C=N–C) groups is 2. The highest BCUT2D eigenvalue weighted by atomic mass is 35.5. The molecule has 0 aliphatic carbocycles. The number of anilines is 1. The first-order valence-corrected chi connectivity index (χ1v) is 13.4. The van der Waals surface area contributed by atoms with E-state index in [1.54, 1.807) is 0 Å². The first-order valence-electron chi connectivity index (χ1n) is 12.9. The SMILES string of the molecule is C=NC(=NCc1cc(N)cc(C(F)(F)F)c1)/C(CC)=C(/CC)NCCl.CC.CC.O=CC1CCNCC1. The summed E-state index contributed by atoms with van der Waals surface area (Å²) < 4.78 is 38.7. The Kier molecular flexibility index (Phi) is 21.5. The number of aldehydes is 1. The number of alkyl halides is 4. The van der Waals surface area contributed by atoms with Crippen LogP contribution >= 0.6 is 11.6 Å². The third-order valence-corrected chi connectivity index (χ3v) is 5.24. The molecule has 0 radical (unpaired) electrons. The highest BCUT2D eigenvalue weighted by Crippen LogP contribution is 2.31. The number of carbonyl (C=O) groups is 1. The van der Waals surface area contributed by atoms with E-state index in [1.165, 1.54) is 6.07 Å². The third kappa shape index (κ3) is 14.8. The van der Waals surface area contributed by atoms with Crippen LogP contribution in [0.25, 0.3) is 0 Å². The van der Waals surface area contributed by atoms with E-state index in [2.05, 4.69) is 27.3 Å². The molecule has 1 aliphatic heterocycles. The molecule has 1 fully saturated rings. The molecule has 0 aromatic heterocycles. The summed E-state index contributed by atoms with van der Waals surface area (Å²) >= 11 is 5.72. The molecule has 1 aliphatic rings. The highest BCUT2D eigenvalue weighted by molar-refractivity contribution is 6.17. The van der Waals surface area contributed by atoms with Crippen LogP contribution in [0.15, 0.2) is 39.5 Å². The van der Waals surface area contributed by atoms with Crippen molar-refractivity contribution in [2.24, 2.45) is 15.9 Å². The second kappa shape index (κ2) is 21.7. The number of hydrogen-bond donors (Lipinski definition) is 3. The Morgan fingerprint density at radius 2 is 1.76 bits per heavy atom. The molecule has 1 saturated heterocycles. The maximum Gasteiger partial charge on any atom is 0.416 e. The maximum absolute atomic E-state index is 12.9. The fraction of sp³-hybridized carbons (Fsp3) is 0.593. The molecule has 6 nitrogen and oxygen atoms in total. The molecule has 1 heterocycles. The zero-order valence-electron chi connectivity index (χ0n) is 23.1. The number of allylic oxidation sites excluding steroid dienone is 1.